The van der Waals surface area contributed by atoms with E-state index in [4.69, 9.17) is 11.6 Å². The third kappa shape index (κ3) is 3.10. The van der Waals surface area contributed by atoms with E-state index >= 15 is 0 Å². The van der Waals surface area contributed by atoms with Crippen molar-refractivity contribution in [3.8, 4) is 0 Å². The molecule has 1 aromatic heterocycles. The Balaban J connectivity index is 2.35. The molecule has 1 nitrogen and oxygen atoms in total. The summed E-state index contributed by atoms with van der Waals surface area (Å²) in [6, 6.07) is 10.5. The lowest BCUT2D eigenvalue weighted by molar-refractivity contribution is 0.640. The second-order valence-electron chi connectivity index (χ2n) is 3.68. The van der Waals surface area contributed by atoms with Crippen molar-refractivity contribution >= 4 is 38.9 Å². The van der Waals surface area contributed by atoms with Crippen molar-refractivity contribution < 1.29 is 0 Å². The van der Waals surface area contributed by atoms with Gasteiger partial charge in [0.25, 0.3) is 0 Å². The summed E-state index contributed by atoms with van der Waals surface area (Å²) in [5, 5.41) is 6.34. The fourth-order valence-electron chi connectivity index (χ4n) is 1.73. The summed E-state index contributed by atoms with van der Waals surface area (Å²) in [4.78, 5) is 1.18. The molecular weight excluding hydrogens is 318 g/mol. The van der Waals surface area contributed by atoms with Crippen LogP contribution >= 0.6 is 38.9 Å². The van der Waals surface area contributed by atoms with Crippen molar-refractivity contribution in [3.05, 3.63) is 55.6 Å². The minimum absolute atomic E-state index is 0.181. The molecule has 1 heterocycles. The van der Waals surface area contributed by atoms with Gasteiger partial charge >= 0.3 is 0 Å². The number of thiophene rings is 1. The molecule has 1 aromatic carbocycles. The van der Waals surface area contributed by atoms with Crippen LogP contribution in [0.5, 0.6) is 0 Å². The van der Waals surface area contributed by atoms with Gasteiger partial charge in [-0.1, -0.05) is 46.6 Å². The zero-order valence-electron chi connectivity index (χ0n) is 9.41. The Kier molecular flexibility index (Phi) is 4.62. The van der Waals surface area contributed by atoms with E-state index in [-0.39, 0.29) is 6.04 Å². The second-order valence-corrected chi connectivity index (χ2v) is 5.95. The lowest BCUT2D eigenvalue weighted by Crippen LogP contribution is -2.21. The third-order valence-corrected chi connectivity index (χ3v) is 4.47. The first-order valence-corrected chi connectivity index (χ1v) is 7.49. The number of hydrogen-bond donors (Lipinski definition) is 1. The number of rotatable bonds is 4. The molecule has 0 aliphatic heterocycles. The molecule has 17 heavy (non-hydrogen) atoms. The SMILES string of the molecule is CCNC(c1ccc(Br)cc1)c1sccc1Cl. The van der Waals surface area contributed by atoms with Crippen LogP contribution in [0.2, 0.25) is 5.02 Å². The summed E-state index contributed by atoms with van der Waals surface area (Å²) in [5.41, 5.74) is 1.24. The molecule has 1 atom stereocenters. The Bertz CT molecular complexity index is 480. The fraction of sp³-hybridized carbons (Fsp3) is 0.231. The van der Waals surface area contributed by atoms with Crippen molar-refractivity contribution in [1.29, 1.82) is 0 Å². The van der Waals surface area contributed by atoms with Crippen LogP contribution in [-0.2, 0) is 0 Å². The molecular formula is C13H13BrClNS. The van der Waals surface area contributed by atoms with Crippen LogP contribution in [0.3, 0.4) is 0 Å². The predicted octanol–water partition coefficient (Wildman–Crippen LogP) is 4.86. The molecule has 0 saturated heterocycles. The summed E-state index contributed by atoms with van der Waals surface area (Å²) < 4.78 is 1.09. The van der Waals surface area contributed by atoms with Crippen LogP contribution in [0.15, 0.2) is 40.2 Å². The van der Waals surface area contributed by atoms with Gasteiger partial charge in [-0.05, 0) is 35.7 Å². The molecule has 0 fully saturated rings. The molecule has 0 aliphatic rings. The van der Waals surface area contributed by atoms with E-state index in [1.54, 1.807) is 11.3 Å². The topological polar surface area (TPSA) is 12.0 Å². The first kappa shape index (κ1) is 13.1. The highest BCUT2D eigenvalue weighted by molar-refractivity contribution is 9.10. The second kappa shape index (κ2) is 6.01. The van der Waals surface area contributed by atoms with Crippen molar-refractivity contribution in [2.24, 2.45) is 0 Å². The van der Waals surface area contributed by atoms with Crippen LogP contribution in [-0.4, -0.2) is 6.54 Å². The van der Waals surface area contributed by atoms with Gasteiger partial charge in [-0.15, -0.1) is 11.3 Å². The van der Waals surface area contributed by atoms with Crippen LogP contribution < -0.4 is 5.32 Å². The van der Waals surface area contributed by atoms with E-state index in [0.717, 1.165) is 16.0 Å². The maximum Gasteiger partial charge on any atom is 0.0686 e. The van der Waals surface area contributed by atoms with Crippen molar-refractivity contribution in [2.45, 2.75) is 13.0 Å². The molecule has 0 spiro atoms. The third-order valence-electron chi connectivity index (χ3n) is 2.52. The maximum absolute atomic E-state index is 6.21. The molecule has 90 valence electrons. The quantitative estimate of drug-likeness (QED) is 0.844. The van der Waals surface area contributed by atoms with Crippen molar-refractivity contribution in [3.63, 3.8) is 0 Å². The molecule has 0 radical (unpaired) electrons. The van der Waals surface area contributed by atoms with Gasteiger partial charge < -0.3 is 5.32 Å². The van der Waals surface area contributed by atoms with Crippen LogP contribution in [0, 0.1) is 0 Å². The minimum Gasteiger partial charge on any atom is -0.306 e. The molecule has 1 unspecified atom stereocenters. The van der Waals surface area contributed by atoms with Gasteiger partial charge in [-0.3, -0.25) is 0 Å². The molecule has 2 rings (SSSR count). The van der Waals surface area contributed by atoms with Crippen LogP contribution in [0.1, 0.15) is 23.4 Å². The van der Waals surface area contributed by atoms with E-state index in [1.807, 2.05) is 11.4 Å². The standard InChI is InChI=1S/C13H13BrClNS/c1-2-16-12(13-11(15)7-8-17-13)9-3-5-10(14)6-4-9/h3-8,12,16H,2H2,1H3. The smallest absolute Gasteiger partial charge is 0.0686 e. The summed E-state index contributed by atoms with van der Waals surface area (Å²) in [7, 11) is 0. The van der Waals surface area contributed by atoms with E-state index in [1.165, 1.54) is 10.4 Å². The van der Waals surface area contributed by atoms with E-state index in [9.17, 15) is 0 Å². The molecule has 0 saturated carbocycles. The predicted molar refractivity (Wildman–Crippen MR) is 79.0 cm³/mol. The van der Waals surface area contributed by atoms with Gasteiger partial charge in [0.1, 0.15) is 0 Å². The van der Waals surface area contributed by atoms with Gasteiger partial charge in [0.2, 0.25) is 0 Å². The fourth-order valence-corrected chi connectivity index (χ4v) is 3.26. The molecule has 0 aliphatic carbocycles. The maximum atomic E-state index is 6.21. The molecule has 1 N–H and O–H groups in total. The van der Waals surface area contributed by atoms with Crippen molar-refractivity contribution in [2.75, 3.05) is 6.54 Å². The van der Waals surface area contributed by atoms with Crippen molar-refractivity contribution in [1.82, 2.24) is 5.32 Å². The lowest BCUT2D eigenvalue weighted by Gasteiger charge is -2.17. The first-order valence-electron chi connectivity index (χ1n) is 5.44. The number of benzene rings is 1. The van der Waals surface area contributed by atoms with Crippen LogP contribution in [0.25, 0.3) is 0 Å². The average molecular weight is 331 g/mol. The molecule has 2 aromatic rings. The van der Waals surface area contributed by atoms with E-state index < -0.39 is 0 Å². The minimum atomic E-state index is 0.181. The lowest BCUT2D eigenvalue weighted by atomic mass is 10.1. The van der Waals surface area contributed by atoms with Gasteiger partial charge in [-0.25, -0.2) is 0 Å². The summed E-state index contributed by atoms with van der Waals surface area (Å²) in [6.07, 6.45) is 0. The Hall–Kier alpha value is -0.350. The summed E-state index contributed by atoms with van der Waals surface area (Å²) >= 11 is 11.4. The van der Waals surface area contributed by atoms with Gasteiger partial charge in [-0.2, -0.15) is 0 Å². The highest BCUT2D eigenvalue weighted by atomic mass is 79.9. The largest absolute Gasteiger partial charge is 0.306 e. The van der Waals surface area contributed by atoms with E-state index in [2.05, 4.69) is 52.4 Å². The first-order chi connectivity index (χ1) is 8.22. The Labute approximate surface area is 119 Å². The Morgan fingerprint density at radius 1 is 1.29 bits per heavy atom. The molecule has 4 heteroatoms. The van der Waals surface area contributed by atoms with Crippen LogP contribution in [0.4, 0.5) is 0 Å². The van der Waals surface area contributed by atoms with Gasteiger partial charge in [0, 0.05) is 9.35 Å². The number of nitrogens with one attached hydrogen (secondary N) is 1. The number of halogens is 2. The monoisotopic (exact) mass is 329 g/mol. The highest BCUT2D eigenvalue weighted by Crippen LogP contribution is 2.33. The zero-order chi connectivity index (χ0) is 12.3. The summed E-state index contributed by atoms with van der Waals surface area (Å²) in [6.45, 7) is 3.02. The number of hydrogen-bond acceptors (Lipinski definition) is 2. The van der Waals surface area contributed by atoms with Gasteiger partial charge in [0.15, 0.2) is 0 Å². The zero-order valence-corrected chi connectivity index (χ0v) is 12.6. The Morgan fingerprint density at radius 2 is 2.00 bits per heavy atom. The van der Waals surface area contributed by atoms with Gasteiger partial charge in [0.05, 0.1) is 11.1 Å². The molecule has 0 bridgehead atoms. The van der Waals surface area contributed by atoms with E-state index in [0.29, 0.717) is 0 Å². The summed E-state index contributed by atoms with van der Waals surface area (Å²) in [5.74, 6) is 0. The Morgan fingerprint density at radius 3 is 2.53 bits per heavy atom. The average Bonchev–Trinajstić information content (AvgIpc) is 2.74. The molecule has 0 amide bonds. The normalized spacial score (nSPS) is 12.6. The highest BCUT2D eigenvalue weighted by Gasteiger charge is 2.17.